The van der Waals surface area contributed by atoms with E-state index < -0.39 is 54.0 Å². The molecule has 1 unspecified atom stereocenters. The van der Waals surface area contributed by atoms with Gasteiger partial charge in [-0.3, -0.25) is 24.0 Å². The van der Waals surface area contributed by atoms with Gasteiger partial charge < -0.3 is 25.5 Å². The van der Waals surface area contributed by atoms with Gasteiger partial charge in [0.1, 0.15) is 0 Å². The fourth-order valence-electron chi connectivity index (χ4n) is 1.55. The van der Waals surface area contributed by atoms with Crippen molar-refractivity contribution in [2.24, 2.45) is 11.3 Å². The van der Waals surface area contributed by atoms with E-state index in [9.17, 15) is 24.0 Å². The van der Waals surface area contributed by atoms with Gasteiger partial charge in [-0.1, -0.05) is 0 Å². The topological polar surface area (TPSA) is 186 Å². The molecule has 0 spiro atoms. The SMILES string of the molecule is O=C(O)CC(C(=O)O)C(CC(=O)O)(C(=O)O)C(=O)O. The van der Waals surface area contributed by atoms with Crippen molar-refractivity contribution in [2.45, 2.75) is 12.8 Å². The lowest BCUT2D eigenvalue weighted by atomic mass is 9.71. The van der Waals surface area contributed by atoms with Crippen LogP contribution in [-0.2, 0) is 24.0 Å². The average molecular weight is 278 g/mol. The Labute approximate surface area is 104 Å². The maximum absolute atomic E-state index is 11.0. The van der Waals surface area contributed by atoms with Crippen molar-refractivity contribution in [3.8, 4) is 0 Å². The molecular formula is C9H10O10. The van der Waals surface area contributed by atoms with E-state index in [1.165, 1.54) is 0 Å². The summed E-state index contributed by atoms with van der Waals surface area (Å²) in [5, 5.41) is 43.6. The fraction of sp³-hybridized carbons (Fsp3) is 0.444. The van der Waals surface area contributed by atoms with Gasteiger partial charge >= 0.3 is 29.8 Å². The van der Waals surface area contributed by atoms with Gasteiger partial charge in [-0.2, -0.15) is 0 Å². The summed E-state index contributed by atoms with van der Waals surface area (Å²) in [5.74, 6) is -12.5. The zero-order chi connectivity index (χ0) is 15.4. The lowest BCUT2D eigenvalue weighted by Gasteiger charge is -2.28. The molecule has 0 aliphatic heterocycles. The molecule has 0 bridgehead atoms. The van der Waals surface area contributed by atoms with Crippen LogP contribution in [0.3, 0.4) is 0 Å². The summed E-state index contributed by atoms with van der Waals surface area (Å²) in [6.07, 6.45) is -2.89. The molecule has 5 N–H and O–H groups in total. The molecule has 0 saturated heterocycles. The van der Waals surface area contributed by atoms with Crippen molar-refractivity contribution in [1.29, 1.82) is 0 Å². The van der Waals surface area contributed by atoms with E-state index in [1.807, 2.05) is 0 Å². The molecule has 0 aromatic heterocycles. The van der Waals surface area contributed by atoms with E-state index in [0.29, 0.717) is 0 Å². The van der Waals surface area contributed by atoms with Crippen LogP contribution in [0, 0.1) is 11.3 Å². The van der Waals surface area contributed by atoms with Gasteiger partial charge in [0, 0.05) is 0 Å². The van der Waals surface area contributed by atoms with E-state index in [0.717, 1.165) is 0 Å². The Hall–Kier alpha value is -2.65. The molecule has 0 aromatic carbocycles. The van der Waals surface area contributed by atoms with Gasteiger partial charge in [-0.05, 0) is 0 Å². The largest absolute Gasteiger partial charge is 0.481 e. The summed E-state index contributed by atoms with van der Waals surface area (Å²) in [4.78, 5) is 54.0. The maximum atomic E-state index is 11.0. The Bertz CT molecular complexity index is 422. The Morgan fingerprint density at radius 1 is 0.789 bits per heavy atom. The zero-order valence-electron chi connectivity index (χ0n) is 9.27. The zero-order valence-corrected chi connectivity index (χ0v) is 9.27. The first-order valence-electron chi connectivity index (χ1n) is 4.68. The molecule has 0 saturated carbocycles. The van der Waals surface area contributed by atoms with Crippen molar-refractivity contribution in [3.63, 3.8) is 0 Å². The van der Waals surface area contributed by atoms with Crippen LogP contribution >= 0.6 is 0 Å². The number of hydrogen-bond acceptors (Lipinski definition) is 5. The molecule has 0 aliphatic carbocycles. The summed E-state index contributed by atoms with van der Waals surface area (Å²) in [7, 11) is 0. The molecule has 0 radical (unpaired) electrons. The third kappa shape index (κ3) is 3.40. The first-order chi connectivity index (χ1) is 8.55. The highest BCUT2D eigenvalue weighted by atomic mass is 16.4. The molecule has 0 rings (SSSR count). The molecule has 1 atom stereocenters. The summed E-state index contributed by atoms with van der Waals surface area (Å²) in [6.45, 7) is 0. The van der Waals surface area contributed by atoms with Crippen LogP contribution < -0.4 is 0 Å². The van der Waals surface area contributed by atoms with Crippen molar-refractivity contribution in [1.82, 2.24) is 0 Å². The van der Waals surface area contributed by atoms with Crippen molar-refractivity contribution in [3.05, 3.63) is 0 Å². The highest BCUT2D eigenvalue weighted by Crippen LogP contribution is 2.35. The van der Waals surface area contributed by atoms with E-state index in [1.54, 1.807) is 0 Å². The molecule has 0 aromatic rings. The van der Waals surface area contributed by atoms with Crippen LogP contribution in [0.4, 0.5) is 0 Å². The second-order valence-electron chi connectivity index (χ2n) is 3.64. The van der Waals surface area contributed by atoms with Crippen LogP contribution in [0.2, 0.25) is 0 Å². The van der Waals surface area contributed by atoms with Crippen LogP contribution in [0.5, 0.6) is 0 Å². The van der Waals surface area contributed by atoms with Gasteiger partial charge in [0.05, 0.1) is 18.8 Å². The standard InChI is InChI=1S/C9H10O10/c10-4(11)1-3(6(14)15)9(7(16)17,8(18)19)2-5(12)13/h3H,1-2H2,(H,10,11)(H,12,13)(H,14,15)(H,16,17)(H,18,19). The minimum atomic E-state index is -3.25. The molecule has 10 nitrogen and oxygen atoms in total. The van der Waals surface area contributed by atoms with Crippen molar-refractivity contribution in [2.75, 3.05) is 0 Å². The Kier molecular flexibility index (Phi) is 4.99. The van der Waals surface area contributed by atoms with E-state index in [-0.39, 0.29) is 0 Å². The van der Waals surface area contributed by atoms with Gasteiger partial charge in [-0.15, -0.1) is 0 Å². The second-order valence-corrected chi connectivity index (χ2v) is 3.64. The third-order valence-corrected chi connectivity index (χ3v) is 2.47. The molecular weight excluding hydrogens is 268 g/mol. The first kappa shape index (κ1) is 16.4. The van der Waals surface area contributed by atoms with Crippen LogP contribution in [0.1, 0.15) is 12.8 Å². The quantitative estimate of drug-likeness (QED) is 0.337. The number of carboxylic acids is 5. The summed E-state index contributed by atoms with van der Waals surface area (Å²) < 4.78 is 0. The maximum Gasteiger partial charge on any atom is 0.322 e. The monoisotopic (exact) mass is 278 g/mol. The van der Waals surface area contributed by atoms with Crippen LogP contribution in [0.25, 0.3) is 0 Å². The van der Waals surface area contributed by atoms with Gasteiger partial charge in [0.2, 0.25) is 0 Å². The van der Waals surface area contributed by atoms with Crippen molar-refractivity contribution >= 4 is 29.8 Å². The average Bonchev–Trinajstić information content (AvgIpc) is 2.20. The van der Waals surface area contributed by atoms with E-state index in [4.69, 9.17) is 25.5 Å². The molecule has 0 aliphatic rings. The third-order valence-electron chi connectivity index (χ3n) is 2.47. The lowest BCUT2D eigenvalue weighted by molar-refractivity contribution is -0.181. The molecule has 106 valence electrons. The Balaban J connectivity index is 5.94. The summed E-state index contributed by atoms with van der Waals surface area (Å²) in [6, 6.07) is 0. The minimum absolute atomic E-state index is 1.33. The number of carboxylic acid groups (broad SMARTS) is 5. The number of carbonyl (C=O) groups is 5. The molecule has 10 heteroatoms. The Morgan fingerprint density at radius 2 is 1.21 bits per heavy atom. The number of rotatable bonds is 8. The van der Waals surface area contributed by atoms with Gasteiger partial charge in [0.25, 0.3) is 0 Å². The van der Waals surface area contributed by atoms with E-state index in [2.05, 4.69) is 0 Å². The van der Waals surface area contributed by atoms with Gasteiger partial charge in [0.15, 0.2) is 5.41 Å². The fourth-order valence-corrected chi connectivity index (χ4v) is 1.55. The van der Waals surface area contributed by atoms with Gasteiger partial charge in [-0.25, -0.2) is 0 Å². The summed E-state index contributed by atoms with van der Waals surface area (Å²) in [5.41, 5.74) is -3.25. The summed E-state index contributed by atoms with van der Waals surface area (Å²) >= 11 is 0. The lowest BCUT2D eigenvalue weighted by Crippen LogP contribution is -2.50. The van der Waals surface area contributed by atoms with E-state index >= 15 is 0 Å². The van der Waals surface area contributed by atoms with Crippen molar-refractivity contribution < 1.29 is 49.5 Å². The number of hydrogen-bond donors (Lipinski definition) is 5. The molecule has 0 fully saturated rings. The predicted octanol–water partition coefficient (Wildman–Crippen LogP) is -1.21. The molecule has 0 amide bonds. The second kappa shape index (κ2) is 5.80. The molecule has 19 heavy (non-hydrogen) atoms. The smallest absolute Gasteiger partial charge is 0.322 e. The predicted molar refractivity (Wildman–Crippen MR) is 53.3 cm³/mol. The minimum Gasteiger partial charge on any atom is -0.481 e. The highest BCUT2D eigenvalue weighted by molar-refractivity contribution is 6.05. The normalized spacial score (nSPS) is 12.4. The number of aliphatic carboxylic acids is 5. The Morgan fingerprint density at radius 3 is 1.42 bits per heavy atom. The molecule has 0 heterocycles. The van der Waals surface area contributed by atoms with Crippen LogP contribution in [-0.4, -0.2) is 55.4 Å². The highest BCUT2D eigenvalue weighted by Gasteiger charge is 2.58. The first-order valence-corrected chi connectivity index (χ1v) is 4.68. The van der Waals surface area contributed by atoms with Crippen LogP contribution in [0.15, 0.2) is 0 Å².